The van der Waals surface area contributed by atoms with Crippen molar-refractivity contribution in [2.75, 3.05) is 5.32 Å². The fourth-order valence-corrected chi connectivity index (χ4v) is 1.87. The minimum Gasteiger partial charge on any atom is -0.508 e. The van der Waals surface area contributed by atoms with Crippen LogP contribution in [0.3, 0.4) is 0 Å². The number of nitrogens with zero attached hydrogens (tertiary/aromatic N) is 1. The molecule has 0 aromatic heterocycles. The number of halogens is 1. The number of carbonyl (C=O) groups is 2. The van der Waals surface area contributed by atoms with Crippen LogP contribution in [0.4, 0.5) is 10.1 Å². The quantitative estimate of drug-likeness (QED) is 0.582. The Bertz CT molecular complexity index is 773. The molecule has 7 heteroatoms. The lowest BCUT2D eigenvalue weighted by atomic mass is 10.2. The number of hydrogen-bond donors (Lipinski definition) is 3. The van der Waals surface area contributed by atoms with Crippen LogP contribution in [-0.2, 0) is 4.79 Å². The Morgan fingerprint density at radius 1 is 1.17 bits per heavy atom. The first-order chi connectivity index (χ1) is 11.4. The highest BCUT2D eigenvalue weighted by atomic mass is 19.1. The largest absolute Gasteiger partial charge is 0.508 e. The van der Waals surface area contributed by atoms with E-state index in [1.165, 1.54) is 48.5 Å². The number of hydrogen-bond acceptors (Lipinski definition) is 4. The minimum absolute atomic E-state index is 0.0259. The average Bonchev–Trinajstić information content (AvgIpc) is 2.54. The van der Waals surface area contributed by atoms with Gasteiger partial charge >= 0.3 is 0 Å². The summed E-state index contributed by atoms with van der Waals surface area (Å²) in [5.74, 6) is -1.25. The zero-order chi connectivity index (χ0) is 17.5. The van der Waals surface area contributed by atoms with E-state index in [1.54, 1.807) is 6.92 Å². The van der Waals surface area contributed by atoms with Crippen molar-refractivity contribution in [3.63, 3.8) is 0 Å². The van der Waals surface area contributed by atoms with Gasteiger partial charge in [-0.1, -0.05) is 6.07 Å². The normalized spacial score (nSPS) is 11.0. The molecule has 0 aliphatic carbocycles. The van der Waals surface area contributed by atoms with Crippen LogP contribution >= 0.6 is 0 Å². The van der Waals surface area contributed by atoms with Gasteiger partial charge in [0.05, 0.1) is 6.42 Å². The molecular weight excluding hydrogens is 313 g/mol. The number of phenols is 1. The lowest BCUT2D eigenvalue weighted by Crippen LogP contribution is -2.21. The molecule has 2 amide bonds. The fraction of sp³-hybridized carbons (Fsp3) is 0.118. The Labute approximate surface area is 138 Å². The van der Waals surface area contributed by atoms with Gasteiger partial charge in [-0.25, -0.2) is 9.82 Å². The van der Waals surface area contributed by atoms with Crippen LogP contribution < -0.4 is 10.7 Å². The van der Waals surface area contributed by atoms with E-state index in [0.717, 1.165) is 0 Å². The maximum absolute atomic E-state index is 12.8. The molecule has 3 N–H and O–H groups in total. The molecule has 0 saturated carbocycles. The van der Waals surface area contributed by atoms with E-state index in [0.29, 0.717) is 11.4 Å². The zero-order valence-electron chi connectivity index (χ0n) is 12.9. The van der Waals surface area contributed by atoms with Crippen molar-refractivity contribution in [2.45, 2.75) is 13.3 Å². The molecule has 124 valence electrons. The second-order valence-corrected chi connectivity index (χ2v) is 5.07. The molecule has 0 unspecified atom stereocenters. The molecule has 24 heavy (non-hydrogen) atoms. The molecular formula is C17H16FN3O3. The summed E-state index contributed by atoms with van der Waals surface area (Å²) in [6.07, 6.45) is -0.0301. The van der Waals surface area contributed by atoms with Gasteiger partial charge < -0.3 is 10.4 Å². The summed E-state index contributed by atoms with van der Waals surface area (Å²) in [7, 11) is 0. The first-order valence-electron chi connectivity index (χ1n) is 7.12. The van der Waals surface area contributed by atoms with Gasteiger partial charge in [-0.3, -0.25) is 9.59 Å². The molecule has 0 spiro atoms. The number of nitrogens with one attached hydrogen (secondary N) is 2. The summed E-state index contributed by atoms with van der Waals surface area (Å²) in [4.78, 5) is 23.7. The predicted octanol–water partition coefficient (Wildman–Crippen LogP) is 2.67. The molecule has 0 atom stereocenters. The Morgan fingerprint density at radius 2 is 1.88 bits per heavy atom. The number of benzene rings is 2. The SMILES string of the molecule is C/C(CC(=O)Nc1ccc(F)cc1)=N\NC(=O)c1cccc(O)c1. The third-order valence-corrected chi connectivity index (χ3v) is 3.00. The smallest absolute Gasteiger partial charge is 0.271 e. The number of rotatable bonds is 5. The lowest BCUT2D eigenvalue weighted by molar-refractivity contribution is -0.115. The van der Waals surface area contributed by atoms with E-state index >= 15 is 0 Å². The van der Waals surface area contributed by atoms with Gasteiger partial charge in [-0.2, -0.15) is 5.10 Å². The Hall–Kier alpha value is -3.22. The number of amides is 2. The Kier molecular flexibility index (Phi) is 5.62. The molecule has 2 rings (SSSR count). The molecule has 0 fully saturated rings. The number of carbonyl (C=O) groups excluding carboxylic acids is 2. The monoisotopic (exact) mass is 329 g/mol. The van der Waals surface area contributed by atoms with Crippen LogP contribution in [0, 0.1) is 5.82 Å². The summed E-state index contributed by atoms with van der Waals surface area (Å²) < 4.78 is 12.8. The Morgan fingerprint density at radius 3 is 2.54 bits per heavy atom. The summed E-state index contributed by atoms with van der Waals surface area (Å²) >= 11 is 0. The summed E-state index contributed by atoms with van der Waals surface area (Å²) in [5.41, 5.74) is 3.43. The van der Waals surface area contributed by atoms with E-state index in [-0.39, 0.29) is 29.5 Å². The summed E-state index contributed by atoms with van der Waals surface area (Å²) in [6.45, 7) is 1.59. The number of hydrazone groups is 1. The molecule has 0 saturated heterocycles. The van der Waals surface area contributed by atoms with Gasteiger partial charge in [-0.15, -0.1) is 0 Å². The number of anilines is 1. The molecule has 0 aliphatic rings. The number of aromatic hydroxyl groups is 1. The second-order valence-electron chi connectivity index (χ2n) is 5.07. The molecule has 2 aromatic carbocycles. The molecule has 0 heterocycles. The van der Waals surface area contributed by atoms with E-state index in [4.69, 9.17) is 0 Å². The van der Waals surface area contributed by atoms with Crippen molar-refractivity contribution < 1.29 is 19.1 Å². The van der Waals surface area contributed by atoms with Crippen molar-refractivity contribution >= 4 is 23.2 Å². The second kappa shape index (κ2) is 7.87. The van der Waals surface area contributed by atoms with E-state index in [1.807, 2.05) is 0 Å². The molecule has 6 nitrogen and oxygen atoms in total. The van der Waals surface area contributed by atoms with Gasteiger partial charge in [0.15, 0.2) is 0 Å². The van der Waals surface area contributed by atoms with Crippen LogP contribution in [0.25, 0.3) is 0 Å². The first kappa shape index (κ1) is 17.1. The topological polar surface area (TPSA) is 90.8 Å². The minimum atomic E-state index is -0.496. The third-order valence-electron chi connectivity index (χ3n) is 3.00. The van der Waals surface area contributed by atoms with Crippen LogP contribution in [0.15, 0.2) is 53.6 Å². The molecule has 0 bridgehead atoms. The Balaban J connectivity index is 1.87. The van der Waals surface area contributed by atoms with Crippen molar-refractivity contribution in [3.8, 4) is 5.75 Å². The van der Waals surface area contributed by atoms with E-state index < -0.39 is 5.91 Å². The third kappa shape index (κ3) is 5.20. The van der Waals surface area contributed by atoms with E-state index in [2.05, 4.69) is 15.8 Å². The van der Waals surface area contributed by atoms with Crippen molar-refractivity contribution in [3.05, 3.63) is 59.9 Å². The van der Waals surface area contributed by atoms with Gasteiger partial charge in [0, 0.05) is 17.0 Å². The van der Waals surface area contributed by atoms with Gasteiger partial charge in [-0.05, 0) is 49.4 Å². The van der Waals surface area contributed by atoms with Crippen LogP contribution in [0.5, 0.6) is 5.75 Å². The van der Waals surface area contributed by atoms with Gasteiger partial charge in [0.25, 0.3) is 5.91 Å². The maximum atomic E-state index is 12.8. The van der Waals surface area contributed by atoms with Gasteiger partial charge in [0.1, 0.15) is 11.6 Å². The van der Waals surface area contributed by atoms with Crippen molar-refractivity contribution in [1.82, 2.24) is 5.43 Å². The highest BCUT2D eigenvalue weighted by Crippen LogP contribution is 2.11. The predicted molar refractivity (Wildman–Crippen MR) is 88.3 cm³/mol. The maximum Gasteiger partial charge on any atom is 0.271 e. The lowest BCUT2D eigenvalue weighted by Gasteiger charge is -2.05. The van der Waals surface area contributed by atoms with Crippen molar-refractivity contribution in [2.24, 2.45) is 5.10 Å². The van der Waals surface area contributed by atoms with E-state index in [9.17, 15) is 19.1 Å². The van der Waals surface area contributed by atoms with Crippen molar-refractivity contribution in [1.29, 1.82) is 0 Å². The van der Waals surface area contributed by atoms with Gasteiger partial charge in [0.2, 0.25) is 5.91 Å². The first-order valence-corrected chi connectivity index (χ1v) is 7.12. The number of phenolic OH excluding ortho intramolecular Hbond substituents is 1. The highest BCUT2D eigenvalue weighted by Gasteiger charge is 2.07. The zero-order valence-corrected chi connectivity index (χ0v) is 12.9. The van der Waals surface area contributed by atoms with Crippen LogP contribution in [0.1, 0.15) is 23.7 Å². The molecule has 0 radical (unpaired) electrons. The van der Waals surface area contributed by atoms with Crippen LogP contribution in [-0.4, -0.2) is 22.6 Å². The fourth-order valence-electron chi connectivity index (χ4n) is 1.87. The van der Waals surface area contributed by atoms with Crippen LogP contribution in [0.2, 0.25) is 0 Å². The molecule has 2 aromatic rings. The standard InChI is InChI=1S/C17H16FN3O3/c1-11(9-16(23)19-14-7-5-13(18)6-8-14)20-21-17(24)12-3-2-4-15(22)10-12/h2-8,10,22H,9H2,1H3,(H,19,23)(H,21,24)/b20-11+. The average molecular weight is 329 g/mol. The highest BCUT2D eigenvalue weighted by molar-refractivity contribution is 6.06. The summed E-state index contributed by atoms with van der Waals surface area (Å²) in [6, 6.07) is 11.2. The summed E-state index contributed by atoms with van der Waals surface area (Å²) in [5, 5.41) is 15.8. The molecule has 0 aliphatic heterocycles.